The highest BCUT2D eigenvalue weighted by Gasteiger charge is 2.50. The van der Waals surface area contributed by atoms with Crippen molar-refractivity contribution in [1.29, 1.82) is 0 Å². The lowest BCUT2D eigenvalue weighted by molar-refractivity contribution is -0.275. The second-order valence-corrected chi connectivity index (χ2v) is 7.86. The van der Waals surface area contributed by atoms with Gasteiger partial charge in [0.25, 0.3) is 11.8 Å². The lowest BCUT2D eigenvalue weighted by Crippen LogP contribution is -2.53. The fraction of sp³-hybridized carbons (Fsp3) is 0.364. The fourth-order valence-electron chi connectivity index (χ4n) is 3.67. The zero-order valence-electron chi connectivity index (χ0n) is 16.9. The maximum absolute atomic E-state index is 14.0. The third-order valence-electron chi connectivity index (χ3n) is 5.60. The molecule has 1 N–H and O–H groups in total. The maximum atomic E-state index is 14.0. The molecule has 6 nitrogen and oxygen atoms in total. The molecule has 0 radical (unpaired) electrons. The van der Waals surface area contributed by atoms with Gasteiger partial charge in [-0.1, -0.05) is 24.3 Å². The van der Waals surface area contributed by atoms with Crippen LogP contribution in [0, 0.1) is 5.82 Å². The van der Waals surface area contributed by atoms with E-state index >= 15 is 0 Å². The first-order chi connectivity index (χ1) is 15.1. The minimum absolute atomic E-state index is 0.0912. The van der Waals surface area contributed by atoms with Crippen LogP contribution in [-0.2, 0) is 4.79 Å². The number of halogens is 4. The largest absolute Gasteiger partial charge is 0.573 e. The minimum atomic E-state index is -5.05. The summed E-state index contributed by atoms with van der Waals surface area (Å²) in [5.41, 5.74) is -0.767. The number of para-hydroxylation sites is 1. The molecule has 2 fully saturated rings. The standard InChI is InChI=1S/C22H20F4N2O4/c23-17-3-1-2-16(18(17)32-22(24,25)26)14-4-6-15(7-5-14)19(29)27-10-12-28(13-11-27)20(30)21(31)8-9-21/h1-7,31H,8-13H2. The average Bonchev–Trinajstić information content (AvgIpc) is 3.52. The quantitative estimate of drug-likeness (QED) is 0.724. The van der Waals surface area contributed by atoms with E-state index in [0.29, 0.717) is 44.6 Å². The summed E-state index contributed by atoms with van der Waals surface area (Å²) < 4.78 is 55.8. The van der Waals surface area contributed by atoms with E-state index in [-0.39, 0.29) is 22.9 Å². The number of hydrogen-bond acceptors (Lipinski definition) is 4. The minimum Gasteiger partial charge on any atom is -0.402 e. The molecule has 170 valence electrons. The number of carbonyl (C=O) groups is 2. The maximum Gasteiger partial charge on any atom is 0.573 e. The molecule has 2 amide bonds. The Balaban J connectivity index is 1.45. The Bertz CT molecular complexity index is 1030. The summed E-state index contributed by atoms with van der Waals surface area (Å²) >= 11 is 0. The van der Waals surface area contributed by atoms with Crippen LogP contribution in [0.1, 0.15) is 23.2 Å². The van der Waals surface area contributed by atoms with Gasteiger partial charge < -0.3 is 19.6 Å². The van der Waals surface area contributed by atoms with Gasteiger partial charge in [-0.25, -0.2) is 4.39 Å². The summed E-state index contributed by atoms with van der Waals surface area (Å²) in [5.74, 6) is -2.68. The van der Waals surface area contributed by atoms with Crippen molar-refractivity contribution in [2.45, 2.75) is 24.8 Å². The molecule has 0 atom stereocenters. The molecule has 2 aliphatic rings. The number of ether oxygens (including phenoxy) is 1. The predicted molar refractivity (Wildman–Crippen MR) is 105 cm³/mol. The number of aliphatic hydroxyl groups is 1. The van der Waals surface area contributed by atoms with E-state index in [1.165, 1.54) is 36.4 Å². The molecule has 4 rings (SSSR count). The lowest BCUT2D eigenvalue weighted by atomic mass is 10.0. The molecule has 1 heterocycles. The number of hydrogen-bond donors (Lipinski definition) is 1. The Morgan fingerprint density at radius 2 is 1.53 bits per heavy atom. The highest BCUT2D eigenvalue weighted by Crippen LogP contribution is 2.37. The van der Waals surface area contributed by atoms with Crippen LogP contribution in [0.3, 0.4) is 0 Å². The number of rotatable bonds is 4. The van der Waals surface area contributed by atoms with E-state index in [1.807, 2.05) is 0 Å². The molecule has 0 aromatic heterocycles. The number of alkyl halides is 3. The van der Waals surface area contributed by atoms with Gasteiger partial charge in [0.05, 0.1) is 0 Å². The van der Waals surface area contributed by atoms with Crippen LogP contribution < -0.4 is 4.74 Å². The Labute approximate surface area is 181 Å². The predicted octanol–water partition coefficient (Wildman–Crippen LogP) is 3.20. The molecule has 1 saturated carbocycles. The second-order valence-electron chi connectivity index (χ2n) is 7.86. The van der Waals surface area contributed by atoms with Crippen LogP contribution in [0.2, 0.25) is 0 Å². The number of benzene rings is 2. The molecule has 32 heavy (non-hydrogen) atoms. The van der Waals surface area contributed by atoms with Gasteiger partial charge in [0, 0.05) is 37.3 Å². The first kappa shape index (κ1) is 22.1. The van der Waals surface area contributed by atoms with Gasteiger partial charge in [-0.3, -0.25) is 9.59 Å². The normalized spacial score (nSPS) is 17.8. The van der Waals surface area contributed by atoms with Crippen LogP contribution >= 0.6 is 0 Å². The van der Waals surface area contributed by atoms with Crippen molar-refractivity contribution < 1.29 is 37.0 Å². The molecular formula is C22H20F4N2O4. The average molecular weight is 452 g/mol. The summed E-state index contributed by atoms with van der Waals surface area (Å²) in [5, 5.41) is 9.96. The van der Waals surface area contributed by atoms with Gasteiger partial charge in [-0.15, -0.1) is 13.2 Å². The molecular weight excluding hydrogens is 432 g/mol. The zero-order valence-corrected chi connectivity index (χ0v) is 16.9. The van der Waals surface area contributed by atoms with Crippen molar-refractivity contribution in [3.63, 3.8) is 0 Å². The zero-order chi connectivity index (χ0) is 23.1. The number of piperazine rings is 1. The lowest BCUT2D eigenvalue weighted by Gasteiger charge is -2.35. The van der Waals surface area contributed by atoms with E-state index in [2.05, 4.69) is 4.74 Å². The van der Waals surface area contributed by atoms with E-state index < -0.39 is 23.5 Å². The van der Waals surface area contributed by atoms with Crippen molar-refractivity contribution in [2.75, 3.05) is 26.2 Å². The molecule has 0 spiro atoms. The van der Waals surface area contributed by atoms with Crippen molar-refractivity contribution >= 4 is 11.8 Å². The third kappa shape index (κ3) is 4.55. The third-order valence-corrected chi connectivity index (χ3v) is 5.60. The summed E-state index contributed by atoms with van der Waals surface area (Å²) in [7, 11) is 0. The van der Waals surface area contributed by atoms with Crippen LogP contribution in [0.4, 0.5) is 17.6 Å². The summed E-state index contributed by atoms with van der Waals surface area (Å²) in [6.45, 7) is 1.23. The first-order valence-electron chi connectivity index (χ1n) is 10.0. The van der Waals surface area contributed by atoms with Gasteiger partial charge >= 0.3 is 6.36 Å². The van der Waals surface area contributed by atoms with Crippen molar-refractivity contribution in [3.05, 3.63) is 53.8 Å². The van der Waals surface area contributed by atoms with E-state index in [9.17, 15) is 32.3 Å². The van der Waals surface area contributed by atoms with Gasteiger partial charge in [0.2, 0.25) is 0 Å². The monoisotopic (exact) mass is 452 g/mol. The highest BCUT2D eigenvalue weighted by molar-refractivity contribution is 5.95. The molecule has 2 aromatic carbocycles. The second kappa shape index (κ2) is 8.09. The van der Waals surface area contributed by atoms with E-state index in [1.54, 1.807) is 9.80 Å². The molecule has 0 unspecified atom stereocenters. The van der Waals surface area contributed by atoms with Crippen LogP contribution in [-0.4, -0.2) is 64.9 Å². The number of amides is 2. The topological polar surface area (TPSA) is 70.1 Å². The molecule has 1 saturated heterocycles. The van der Waals surface area contributed by atoms with E-state index in [0.717, 1.165) is 6.07 Å². The molecule has 0 bridgehead atoms. The van der Waals surface area contributed by atoms with Crippen molar-refractivity contribution in [2.24, 2.45) is 0 Å². The van der Waals surface area contributed by atoms with Crippen LogP contribution in [0.5, 0.6) is 5.75 Å². The summed E-state index contributed by atoms with van der Waals surface area (Å²) in [6, 6.07) is 9.18. The number of carbonyl (C=O) groups excluding carboxylic acids is 2. The SMILES string of the molecule is O=C(c1ccc(-c2cccc(F)c2OC(F)(F)F)cc1)N1CCN(C(=O)C2(O)CC2)CC1. The summed E-state index contributed by atoms with van der Waals surface area (Å²) in [4.78, 5) is 28.1. The Kier molecular flexibility index (Phi) is 5.58. The Hall–Kier alpha value is -3.14. The smallest absolute Gasteiger partial charge is 0.402 e. The van der Waals surface area contributed by atoms with E-state index in [4.69, 9.17) is 0 Å². The van der Waals surface area contributed by atoms with Crippen molar-refractivity contribution in [1.82, 2.24) is 9.80 Å². The molecule has 1 aliphatic heterocycles. The summed E-state index contributed by atoms with van der Waals surface area (Å²) in [6.07, 6.45) is -4.14. The highest BCUT2D eigenvalue weighted by atomic mass is 19.4. The Morgan fingerprint density at radius 3 is 2.09 bits per heavy atom. The van der Waals surface area contributed by atoms with Crippen LogP contribution in [0.15, 0.2) is 42.5 Å². The van der Waals surface area contributed by atoms with Crippen molar-refractivity contribution in [3.8, 4) is 16.9 Å². The van der Waals surface area contributed by atoms with Gasteiger partial charge in [-0.05, 0) is 36.6 Å². The van der Waals surface area contributed by atoms with Gasteiger partial charge in [0.15, 0.2) is 11.6 Å². The number of nitrogens with zero attached hydrogens (tertiary/aromatic N) is 2. The van der Waals surface area contributed by atoms with Gasteiger partial charge in [-0.2, -0.15) is 0 Å². The molecule has 1 aliphatic carbocycles. The molecule has 10 heteroatoms. The molecule has 2 aromatic rings. The Morgan fingerprint density at radius 1 is 0.938 bits per heavy atom. The van der Waals surface area contributed by atoms with Gasteiger partial charge in [0.1, 0.15) is 5.60 Å². The fourth-order valence-corrected chi connectivity index (χ4v) is 3.67. The first-order valence-corrected chi connectivity index (χ1v) is 10.0. The van der Waals surface area contributed by atoms with Crippen LogP contribution in [0.25, 0.3) is 11.1 Å².